The van der Waals surface area contributed by atoms with Crippen LogP contribution in [0.3, 0.4) is 0 Å². The Morgan fingerprint density at radius 3 is 2.55 bits per heavy atom. The highest BCUT2D eigenvalue weighted by molar-refractivity contribution is 6.31. The van der Waals surface area contributed by atoms with Gasteiger partial charge in [0, 0.05) is 16.6 Å². The Labute approximate surface area is 70.0 Å². The maximum atomic E-state index is 12.9. The predicted octanol–water partition coefficient (Wildman–Crippen LogP) is 2.50. The van der Waals surface area contributed by atoms with Crippen molar-refractivity contribution in [3.05, 3.63) is 34.6 Å². The van der Waals surface area contributed by atoms with E-state index in [4.69, 9.17) is 17.3 Å². The number of hydrogen-bond donors (Lipinski definition) is 1. The van der Waals surface area contributed by atoms with Crippen LogP contribution in [-0.4, -0.2) is 0 Å². The Bertz CT molecular complexity index is 240. The third-order valence-electron chi connectivity index (χ3n) is 1.46. The second-order valence-corrected chi connectivity index (χ2v) is 2.83. The molecule has 1 nitrogen and oxygen atoms in total. The van der Waals surface area contributed by atoms with Crippen LogP contribution in [0.2, 0.25) is 5.02 Å². The van der Waals surface area contributed by atoms with Crippen LogP contribution in [0.4, 0.5) is 4.39 Å². The molecule has 11 heavy (non-hydrogen) atoms. The highest BCUT2D eigenvalue weighted by Crippen LogP contribution is 2.23. The molecule has 0 saturated carbocycles. The monoisotopic (exact) mass is 173 g/mol. The molecule has 0 bridgehead atoms. The number of nitrogens with two attached hydrogens (primary N) is 1. The predicted molar refractivity (Wildman–Crippen MR) is 44.0 cm³/mol. The van der Waals surface area contributed by atoms with Gasteiger partial charge in [0.1, 0.15) is 5.82 Å². The summed E-state index contributed by atoms with van der Waals surface area (Å²) in [6, 6.07) is 4.18. The van der Waals surface area contributed by atoms with E-state index in [1.54, 1.807) is 19.1 Å². The Balaban J connectivity index is 3.21. The quantitative estimate of drug-likeness (QED) is 0.694. The number of hydrogen-bond acceptors (Lipinski definition) is 1. The van der Waals surface area contributed by atoms with Crippen molar-refractivity contribution in [2.24, 2.45) is 5.73 Å². The second-order valence-electron chi connectivity index (χ2n) is 2.42. The van der Waals surface area contributed by atoms with Crippen molar-refractivity contribution in [1.82, 2.24) is 0 Å². The molecule has 1 rings (SSSR count). The molecule has 0 amide bonds. The highest BCUT2D eigenvalue weighted by atomic mass is 35.5. The van der Waals surface area contributed by atoms with E-state index < -0.39 is 0 Å². The molecule has 0 fully saturated rings. The summed E-state index contributed by atoms with van der Waals surface area (Å²) < 4.78 is 12.9. The van der Waals surface area contributed by atoms with Crippen LogP contribution < -0.4 is 5.73 Å². The fourth-order valence-electron chi connectivity index (χ4n) is 0.946. The standard InChI is InChI=1S/C8H9ClFN/c1-5(11)8-6(9)3-2-4-7(8)10/h2-5H,11H2,1H3. The molecule has 0 aliphatic heterocycles. The van der Waals surface area contributed by atoms with E-state index in [9.17, 15) is 4.39 Å². The summed E-state index contributed by atoms with van der Waals surface area (Å²) in [5.41, 5.74) is 5.87. The van der Waals surface area contributed by atoms with E-state index >= 15 is 0 Å². The second kappa shape index (κ2) is 3.20. The Kier molecular flexibility index (Phi) is 2.47. The first kappa shape index (κ1) is 8.50. The fourth-order valence-corrected chi connectivity index (χ4v) is 1.28. The van der Waals surface area contributed by atoms with Crippen LogP contribution in [0, 0.1) is 5.82 Å². The van der Waals surface area contributed by atoms with E-state index in [0.29, 0.717) is 10.6 Å². The van der Waals surface area contributed by atoms with E-state index in [1.807, 2.05) is 0 Å². The van der Waals surface area contributed by atoms with Crippen molar-refractivity contribution in [2.45, 2.75) is 13.0 Å². The molecule has 3 heteroatoms. The lowest BCUT2D eigenvalue weighted by Crippen LogP contribution is -2.07. The molecule has 0 radical (unpaired) electrons. The van der Waals surface area contributed by atoms with Gasteiger partial charge in [-0.3, -0.25) is 0 Å². The maximum Gasteiger partial charge on any atom is 0.129 e. The van der Waals surface area contributed by atoms with E-state index in [1.165, 1.54) is 6.07 Å². The smallest absolute Gasteiger partial charge is 0.129 e. The first-order valence-electron chi connectivity index (χ1n) is 3.32. The molecule has 1 unspecified atom stereocenters. The normalized spacial score (nSPS) is 13.1. The summed E-state index contributed by atoms with van der Waals surface area (Å²) in [5.74, 6) is -0.340. The first-order chi connectivity index (χ1) is 5.13. The lowest BCUT2D eigenvalue weighted by atomic mass is 10.1. The van der Waals surface area contributed by atoms with E-state index in [0.717, 1.165) is 0 Å². The highest BCUT2D eigenvalue weighted by Gasteiger charge is 2.09. The molecule has 0 saturated heterocycles. The van der Waals surface area contributed by atoms with Gasteiger partial charge < -0.3 is 5.73 Å². The van der Waals surface area contributed by atoms with Gasteiger partial charge in [-0.2, -0.15) is 0 Å². The van der Waals surface area contributed by atoms with Crippen LogP contribution in [-0.2, 0) is 0 Å². The lowest BCUT2D eigenvalue weighted by molar-refractivity contribution is 0.594. The zero-order valence-electron chi connectivity index (χ0n) is 6.14. The number of rotatable bonds is 1. The van der Waals surface area contributed by atoms with Crippen molar-refractivity contribution < 1.29 is 4.39 Å². The Hall–Kier alpha value is -0.600. The van der Waals surface area contributed by atoms with Crippen LogP contribution in [0.1, 0.15) is 18.5 Å². The van der Waals surface area contributed by atoms with Crippen molar-refractivity contribution in [1.29, 1.82) is 0 Å². The molecule has 0 aliphatic rings. The average molecular weight is 174 g/mol. The molecule has 1 aromatic rings. The zero-order valence-corrected chi connectivity index (χ0v) is 6.90. The van der Waals surface area contributed by atoms with Gasteiger partial charge in [0.15, 0.2) is 0 Å². The zero-order chi connectivity index (χ0) is 8.43. The van der Waals surface area contributed by atoms with Crippen molar-refractivity contribution in [2.75, 3.05) is 0 Å². The lowest BCUT2D eigenvalue weighted by Gasteiger charge is -2.08. The molecule has 1 aromatic carbocycles. The summed E-state index contributed by atoms with van der Waals surface area (Å²) in [7, 11) is 0. The van der Waals surface area contributed by atoms with Gasteiger partial charge in [-0.25, -0.2) is 4.39 Å². The molecule has 0 heterocycles. The minimum absolute atomic E-state index is 0.340. The molecule has 0 aromatic heterocycles. The first-order valence-corrected chi connectivity index (χ1v) is 3.70. The van der Waals surface area contributed by atoms with Crippen LogP contribution in [0.5, 0.6) is 0 Å². The van der Waals surface area contributed by atoms with Gasteiger partial charge >= 0.3 is 0 Å². The number of halogens is 2. The van der Waals surface area contributed by atoms with Crippen LogP contribution >= 0.6 is 11.6 Å². The Morgan fingerprint density at radius 2 is 2.18 bits per heavy atom. The van der Waals surface area contributed by atoms with Gasteiger partial charge in [0.25, 0.3) is 0 Å². The van der Waals surface area contributed by atoms with Gasteiger partial charge in [0.2, 0.25) is 0 Å². The van der Waals surface area contributed by atoms with Crippen molar-refractivity contribution in [3.8, 4) is 0 Å². The van der Waals surface area contributed by atoms with E-state index in [-0.39, 0.29) is 11.9 Å². The minimum Gasteiger partial charge on any atom is -0.324 e. The van der Waals surface area contributed by atoms with Gasteiger partial charge in [-0.15, -0.1) is 0 Å². The SMILES string of the molecule is CC(N)c1c(F)cccc1Cl. The molecule has 0 aliphatic carbocycles. The topological polar surface area (TPSA) is 26.0 Å². The van der Waals surface area contributed by atoms with Crippen molar-refractivity contribution >= 4 is 11.6 Å². The molecular formula is C8H9ClFN. The molecule has 1 atom stereocenters. The summed E-state index contributed by atoms with van der Waals surface area (Å²) in [6.07, 6.45) is 0. The van der Waals surface area contributed by atoms with Crippen LogP contribution in [0.25, 0.3) is 0 Å². The summed E-state index contributed by atoms with van der Waals surface area (Å²) in [5, 5.41) is 0.389. The average Bonchev–Trinajstić information content (AvgIpc) is 1.85. The molecule has 2 N–H and O–H groups in total. The third kappa shape index (κ3) is 1.70. The summed E-state index contributed by atoms with van der Waals surface area (Å²) in [6.45, 7) is 1.70. The third-order valence-corrected chi connectivity index (χ3v) is 1.78. The van der Waals surface area contributed by atoms with E-state index in [2.05, 4.69) is 0 Å². The molecular weight excluding hydrogens is 165 g/mol. The summed E-state index contributed by atoms with van der Waals surface area (Å²) in [4.78, 5) is 0. The number of benzene rings is 1. The molecule has 0 spiro atoms. The molecule has 60 valence electrons. The summed E-state index contributed by atoms with van der Waals surface area (Å²) >= 11 is 5.70. The van der Waals surface area contributed by atoms with Gasteiger partial charge in [-0.1, -0.05) is 17.7 Å². The van der Waals surface area contributed by atoms with Gasteiger partial charge in [-0.05, 0) is 19.1 Å². The van der Waals surface area contributed by atoms with Gasteiger partial charge in [0.05, 0.1) is 0 Å². The maximum absolute atomic E-state index is 12.9. The fraction of sp³-hybridized carbons (Fsp3) is 0.250. The Morgan fingerprint density at radius 1 is 1.55 bits per heavy atom. The minimum atomic E-state index is -0.358. The van der Waals surface area contributed by atoms with Crippen molar-refractivity contribution in [3.63, 3.8) is 0 Å². The largest absolute Gasteiger partial charge is 0.324 e. The van der Waals surface area contributed by atoms with Crippen LogP contribution in [0.15, 0.2) is 18.2 Å².